The lowest BCUT2D eigenvalue weighted by Gasteiger charge is -2.18. The normalized spacial score (nSPS) is 11.3. The molecule has 4 nitrogen and oxygen atoms in total. The second kappa shape index (κ2) is 8.56. The van der Waals surface area contributed by atoms with E-state index in [0.717, 1.165) is 16.9 Å². The fraction of sp³-hybridized carbons (Fsp3) is 0.318. The van der Waals surface area contributed by atoms with Crippen LogP contribution < -0.4 is 9.47 Å². The van der Waals surface area contributed by atoms with E-state index in [0.29, 0.717) is 11.3 Å². The number of carbonyl (C=O) groups excluding carboxylic acids is 1. The Morgan fingerprint density at radius 2 is 1.54 bits per heavy atom. The summed E-state index contributed by atoms with van der Waals surface area (Å²) in [7, 11) is 0. The number of rotatable bonds is 7. The van der Waals surface area contributed by atoms with E-state index in [1.165, 1.54) is 18.2 Å². The number of aromatic hydroxyl groups is 1. The molecule has 2 aromatic rings. The van der Waals surface area contributed by atoms with Crippen molar-refractivity contribution in [2.24, 2.45) is 0 Å². The van der Waals surface area contributed by atoms with Crippen LogP contribution in [0.1, 0.15) is 49.2 Å². The van der Waals surface area contributed by atoms with Crippen LogP contribution in [-0.4, -0.2) is 23.1 Å². The maximum atomic E-state index is 12.3. The summed E-state index contributed by atoms with van der Waals surface area (Å²) in [5, 5.41) is 9.33. The molecule has 0 saturated heterocycles. The molecule has 0 saturated carbocycles. The average molecular weight is 354 g/mol. The molecule has 0 fully saturated rings. The van der Waals surface area contributed by atoms with Crippen molar-refractivity contribution in [1.29, 1.82) is 0 Å². The van der Waals surface area contributed by atoms with E-state index in [9.17, 15) is 9.90 Å². The quantitative estimate of drug-likeness (QED) is 0.550. The van der Waals surface area contributed by atoms with E-state index in [4.69, 9.17) is 9.47 Å². The number of benzene rings is 2. The third-order valence-electron chi connectivity index (χ3n) is 3.60. The molecule has 26 heavy (non-hydrogen) atoms. The van der Waals surface area contributed by atoms with Gasteiger partial charge in [0.05, 0.1) is 12.2 Å². The topological polar surface area (TPSA) is 55.8 Å². The lowest BCUT2D eigenvalue weighted by Crippen LogP contribution is -2.10. The molecule has 0 atom stereocenters. The summed E-state index contributed by atoms with van der Waals surface area (Å²) in [4.78, 5) is 12.3. The van der Waals surface area contributed by atoms with Crippen LogP contribution in [0.4, 0.5) is 0 Å². The first-order chi connectivity index (χ1) is 12.3. The summed E-state index contributed by atoms with van der Waals surface area (Å²) in [5.41, 5.74) is 2.31. The third kappa shape index (κ3) is 5.38. The highest BCUT2D eigenvalue weighted by molar-refractivity contribution is 6.07. The Morgan fingerprint density at radius 3 is 2.12 bits per heavy atom. The molecule has 0 radical (unpaired) electrons. The lowest BCUT2D eigenvalue weighted by molar-refractivity contribution is 0.104. The highest BCUT2D eigenvalue weighted by atomic mass is 16.5. The first-order valence-corrected chi connectivity index (χ1v) is 8.75. The molecule has 0 bridgehead atoms. The molecular formula is C22H26O4. The Balaban J connectivity index is 2.32. The summed E-state index contributed by atoms with van der Waals surface area (Å²) < 4.78 is 11.7. The largest absolute Gasteiger partial charge is 0.508 e. The molecule has 4 heteroatoms. The zero-order chi connectivity index (χ0) is 19.3. The van der Waals surface area contributed by atoms with Gasteiger partial charge < -0.3 is 14.6 Å². The second-order valence-electron chi connectivity index (χ2n) is 6.73. The van der Waals surface area contributed by atoms with Crippen molar-refractivity contribution in [3.63, 3.8) is 0 Å². The van der Waals surface area contributed by atoms with Crippen LogP contribution in [0.3, 0.4) is 0 Å². The van der Waals surface area contributed by atoms with Crippen LogP contribution in [0.2, 0.25) is 0 Å². The van der Waals surface area contributed by atoms with Crippen LogP contribution in [0, 0.1) is 6.92 Å². The van der Waals surface area contributed by atoms with Crippen LogP contribution in [0.25, 0.3) is 6.08 Å². The van der Waals surface area contributed by atoms with Gasteiger partial charge >= 0.3 is 0 Å². The predicted octanol–water partition coefficient (Wildman–Crippen LogP) is 5.17. The Bertz CT molecular complexity index is 787. The van der Waals surface area contributed by atoms with Gasteiger partial charge in [-0.25, -0.2) is 0 Å². The Hall–Kier alpha value is -2.75. The van der Waals surface area contributed by atoms with Gasteiger partial charge in [0.2, 0.25) is 0 Å². The monoisotopic (exact) mass is 354 g/mol. The molecule has 138 valence electrons. The van der Waals surface area contributed by atoms with Crippen LogP contribution >= 0.6 is 0 Å². The molecule has 0 heterocycles. The number of ether oxygens (including phenoxy) is 2. The molecule has 1 N–H and O–H groups in total. The van der Waals surface area contributed by atoms with Gasteiger partial charge in [-0.15, -0.1) is 0 Å². The second-order valence-corrected chi connectivity index (χ2v) is 6.73. The number of aryl methyl sites for hydroxylation is 1. The number of allylic oxidation sites excluding steroid dienone is 1. The summed E-state index contributed by atoms with van der Waals surface area (Å²) in [6.45, 7) is 9.84. The number of hydrogen-bond donors (Lipinski definition) is 1. The highest BCUT2D eigenvalue weighted by Crippen LogP contribution is 2.31. The zero-order valence-electron chi connectivity index (χ0n) is 15.9. The van der Waals surface area contributed by atoms with Crippen molar-refractivity contribution in [2.75, 3.05) is 0 Å². The van der Waals surface area contributed by atoms with E-state index < -0.39 is 0 Å². The molecule has 0 amide bonds. The average Bonchev–Trinajstić information content (AvgIpc) is 2.55. The van der Waals surface area contributed by atoms with Crippen molar-refractivity contribution in [2.45, 2.75) is 46.8 Å². The van der Waals surface area contributed by atoms with E-state index in [1.807, 2.05) is 46.8 Å². The van der Waals surface area contributed by atoms with Gasteiger partial charge in [0, 0.05) is 17.2 Å². The zero-order valence-corrected chi connectivity index (χ0v) is 15.9. The number of phenols is 1. The smallest absolute Gasteiger partial charge is 0.185 e. The van der Waals surface area contributed by atoms with Crippen LogP contribution in [-0.2, 0) is 0 Å². The molecule has 0 aliphatic carbocycles. The van der Waals surface area contributed by atoms with Crippen LogP contribution in [0.15, 0.2) is 42.5 Å². The highest BCUT2D eigenvalue weighted by Gasteiger charge is 2.11. The standard InChI is InChI=1S/C22H26O4/c1-14(2)25-21-13-22(26-15(3)4)18(12-16(21)5)8-11-20(24)17-6-9-19(23)10-7-17/h6-15,23H,1-5H3. The van der Waals surface area contributed by atoms with Gasteiger partial charge in [0.15, 0.2) is 5.78 Å². The maximum Gasteiger partial charge on any atom is 0.185 e. The Labute approximate surface area is 155 Å². The number of hydrogen-bond acceptors (Lipinski definition) is 4. The maximum absolute atomic E-state index is 12.3. The number of ketones is 1. The number of carbonyl (C=O) groups is 1. The first-order valence-electron chi connectivity index (χ1n) is 8.75. The van der Waals surface area contributed by atoms with Gasteiger partial charge in [-0.05, 0) is 82.7 Å². The van der Waals surface area contributed by atoms with Crippen molar-refractivity contribution >= 4 is 11.9 Å². The fourth-order valence-electron chi connectivity index (χ4n) is 2.45. The van der Waals surface area contributed by atoms with Crippen molar-refractivity contribution < 1.29 is 19.4 Å². The van der Waals surface area contributed by atoms with Gasteiger partial charge in [0.1, 0.15) is 17.2 Å². The minimum Gasteiger partial charge on any atom is -0.508 e. The molecule has 0 aromatic heterocycles. The van der Waals surface area contributed by atoms with Gasteiger partial charge in [-0.3, -0.25) is 4.79 Å². The van der Waals surface area contributed by atoms with Crippen molar-refractivity contribution in [1.82, 2.24) is 0 Å². The summed E-state index contributed by atoms with van der Waals surface area (Å²) >= 11 is 0. The van der Waals surface area contributed by atoms with Gasteiger partial charge in [-0.1, -0.05) is 0 Å². The van der Waals surface area contributed by atoms with E-state index in [1.54, 1.807) is 18.2 Å². The van der Waals surface area contributed by atoms with Gasteiger partial charge in [0.25, 0.3) is 0 Å². The molecule has 2 rings (SSSR count). The molecule has 0 aliphatic rings. The molecule has 2 aromatic carbocycles. The van der Waals surface area contributed by atoms with Crippen molar-refractivity contribution in [3.8, 4) is 17.2 Å². The van der Waals surface area contributed by atoms with Crippen LogP contribution in [0.5, 0.6) is 17.2 Å². The molecule has 0 unspecified atom stereocenters. The van der Waals surface area contributed by atoms with E-state index in [-0.39, 0.29) is 23.7 Å². The van der Waals surface area contributed by atoms with E-state index in [2.05, 4.69) is 0 Å². The summed E-state index contributed by atoms with van der Waals surface area (Å²) in [5.74, 6) is 1.45. The summed E-state index contributed by atoms with van der Waals surface area (Å²) in [6.07, 6.45) is 3.33. The first kappa shape index (κ1) is 19.6. The molecule has 0 aliphatic heterocycles. The third-order valence-corrected chi connectivity index (χ3v) is 3.60. The summed E-state index contributed by atoms with van der Waals surface area (Å²) in [6, 6.07) is 10.0. The predicted molar refractivity (Wildman–Crippen MR) is 104 cm³/mol. The lowest BCUT2D eigenvalue weighted by atomic mass is 10.1. The van der Waals surface area contributed by atoms with E-state index >= 15 is 0 Å². The SMILES string of the molecule is Cc1cc(C=CC(=O)c2ccc(O)cc2)c(OC(C)C)cc1OC(C)C. The van der Waals surface area contributed by atoms with Gasteiger partial charge in [-0.2, -0.15) is 0 Å². The minimum absolute atomic E-state index is 0.00422. The minimum atomic E-state index is -0.138. The van der Waals surface area contributed by atoms with Crippen molar-refractivity contribution in [3.05, 3.63) is 59.2 Å². The Kier molecular flexibility index (Phi) is 6.45. The molecular weight excluding hydrogens is 328 g/mol. The Morgan fingerprint density at radius 1 is 0.962 bits per heavy atom. The molecule has 0 spiro atoms. The number of phenolic OH excluding ortho intramolecular Hbond substituents is 1. The fourth-order valence-corrected chi connectivity index (χ4v) is 2.45.